The lowest BCUT2D eigenvalue weighted by Crippen LogP contribution is -1.94. The van der Waals surface area contributed by atoms with Gasteiger partial charge in [-0.2, -0.15) is 5.10 Å². The fourth-order valence-corrected chi connectivity index (χ4v) is 3.02. The van der Waals surface area contributed by atoms with E-state index < -0.39 is 0 Å². The maximum atomic E-state index is 4.16. The van der Waals surface area contributed by atoms with Crippen LogP contribution in [0.4, 0.5) is 0 Å². The van der Waals surface area contributed by atoms with Gasteiger partial charge in [-0.3, -0.25) is 0 Å². The minimum atomic E-state index is 0.621. The van der Waals surface area contributed by atoms with E-state index in [1.165, 1.54) is 10.9 Å². The lowest BCUT2D eigenvalue weighted by molar-refractivity contribution is 0.885. The van der Waals surface area contributed by atoms with Gasteiger partial charge in [0, 0.05) is 32.3 Å². The molecule has 0 saturated heterocycles. The van der Waals surface area contributed by atoms with Gasteiger partial charge in [0.05, 0.1) is 12.7 Å². The van der Waals surface area contributed by atoms with Gasteiger partial charge in [-0.1, -0.05) is 46.1 Å². The van der Waals surface area contributed by atoms with Gasteiger partial charge in [0.15, 0.2) is 0 Å². The number of hydrogen-bond acceptors (Lipinski definition) is 2. The summed E-state index contributed by atoms with van der Waals surface area (Å²) >= 11 is 3.50. The quantitative estimate of drug-likeness (QED) is 0.470. The van der Waals surface area contributed by atoms with Crippen LogP contribution in [0.15, 0.2) is 65.4 Å². The van der Waals surface area contributed by atoms with Crippen molar-refractivity contribution in [3.05, 3.63) is 71.1 Å². The van der Waals surface area contributed by atoms with Crippen LogP contribution in [-0.4, -0.2) is 14.8 Å². The van der Waals surface area contributed by atoms with Crippen LogP contribution in [-0.2, 0) is 6.54 Å². The Labute approximate surface area is 142 Å². The molecule has 4 rings (SSSR count). The highest BCUT2D eigenvalue weighted by molar-refractivity contribution is 9.10. The van der Waals surface area contributed by atoms with Gasteiger partial charge in [0.2, 0.25) is 0 Å². The zero-order chi connectivity index (χ0) is 15.6. The van der Waals surface area contributed by atoms with E-state index in [0.717, 1.165) is 20.9 Å². The Balaban J connectivity index is 1.67. The number of rotatable bonds is 1. The molecule has 4 heteroatoms. The largest absolute Gasteiger partial charge is 0.336 e. The average Bonchev–Trinajstić information content (AvgIpc) is 2.97. The lowest BCUT2D eigenvalue weighted by Gasteiger charge is -2.00. The first-order valence-corrected chi connectivity index (χ1v) is 8.04. The third-order valence-electron chi connectivity index (χ3n) is 3.76. The number of nitrogens with zero attached hydrogens (tertiary/aromatic N) is 3. The molecule has 0 fully saturated rings. The van der Waals surface area contributed by atoms with E-state index in [9.17, 15) is 0 Å². The first-order valence-electron chi connectivity index (χ1n) is 7.25. The molecule has 3 nitrogen and oxygen atoms in total. The molecule has 2 aromatic carbocycles. The van der Waals surface area contributed by atoms with Crippen molar-refractivity contribution in [2.24, 2.45) is 0 Å². The van der Waals surface area contributed by atoms with Crippen molar-refractivity contribution in [2.45, 2.75) is 6.54 Å². The van der Waals surface area contributed by atoms with E-state index in [2.05, 4.69) is 66.9 Å². The van der Waals surface area contributed by atoms with E-state index in [-0.39, 0.29) is 0 Å². The smallest absolute Gasteiger partial charge is 0.143 e. The maximum Gasteiger partial charge on any atom is 0.143 e. The van der Waals surface area contributed by atoms with Crippen molar-refractivity contribution >= 4 is 37.6 Å². The summed E-state index contributed by atoms with van der Waals surface area (Å²) in [5, 5.41) is 11.5. The molecule has 23 heavy (non-hydrogen) atoms. The van der Waals surface area contributed by atoms with E-state index in [4.69, 9.17) is 0 Å². The summed E-state index contributed by atoms with van der Waals surface area (Å²) in [6.07, 6.45) is 3.82. The molecule has 0 amide bonds. The molecule has 0 aliphatic heterocycles. The predicted molar refractivity (Wildman–Crippen MR) is 96.1 cm³/mol. The van der Waals surface area contributed by atoms with Gasteiger partial charge in [0.1, 0.15) is 5.69 Å². The van der Waals surface area contributed by atoms with Gasteiger partial charge in [-0.15, -0.1) is 5.10 Å². The van der Waals surface area contributed by atoms with Crippen molar-refractivity contribution in [1.82, 2.24) is 14.8 Å². The summed E-state index contributed by atoms with van der Waals surface area (Å²) in [6.45, 7) is 0.621. The van der Waals surface area contributed by atoms with Gasteiger partial charge in [0.25, 0.3) is 0 Å². The fraction of sp³-hybridized carbons (Fsp3) is 0.0526. The van der Waals surface area contributed by atoms with Gasteiger partial charge in [-0.05, 0) is 30.2 Å². The Bertz CT molecular complexity index is 1060. The second-order valence-electron chi connectivity index (χ2n) is 5.23. The highest BCUT2D eigenvalue weighted by Crippen LogP contribution is 2.20. The number of aromatic nitrogens is 3. The average molecular weight is 362 g/mol. The molecule has 0 unspecified atom stereocenters. The van der Waals surface area contributed by atoms with Crippen LogP contribution in [0.2, 0.25) is 0 Å². The van der Waals surface area contributed by atoms with E-state index in [1.807, 2.05) is 30.3 Å². The number of benzene rings is 2. The third-order valence-corrected chi connectivity index (χ3v) is 4.25. The Hall–Kier alpha value is -2.64. The van der Waals surface area contributed by atoms with Crippen LogP contribution in [0.25, 0.3) is 21.7 Å². The highest BCUT2D eigenvalue weighted by Gasteiger charge is 2.01. The van der Waals surface area contributed by atoms with Crippen LogP contribution in [0.3, 0.4) is 0 Å². The standard InChI is InChI=1S/C19H12BrN3/c20-16-7-8-19-14(12-16)9-11-23(19)10-3-6-18-17-5-2-1-4-15(17)13-21-22-18/h1-2,4-5,7-9,11-13H,10H2. The first-order chi connectivity index (χ1) is 11.3. The fourth-order valence-electron chi connectivity index (χ4n) is 2.64. The summed E-state index contributed by atoms with van der Waals surface area (Å²) in [4.78, 5) is 0. The number of hydrogen-bond donors (Lipinski definition) is 0. The van der Waals surface area contributed by atoms with Gasteiger partial charge >= 0.3 is 0 Å². The molecule has 0 radical (unpaired) electrons. The van der Waals surface area contributed by atoms with Crippen LogP contribution in [0.1, 0.15) is 5.69 Å². The minimum Gasteiger partial charge on any atom is -0.336 e. The summed E-state index contributed by atoms with van der Waals surface area (Å²) < 4.78 is 3.22. The molecule has 2 heterocycles. The molecule has 2 aromatic heterocycles. The summed E-state index contributed by atoms with van der Waals surface area (Å²) in [7, 11) is 0. The molecule has 0 saturated carbocycles. The normalized spacial score (nSPS) is 10.7. The van der Waals surface area contributed by atoms with Gasteiger partial charge < -0.3 is 4.57 Å². The second-order valence-corrected chi connectivity index (χ2v) is 6.14. The van der Waals surface area contributed by atoms with Crippen LogP contribution in [0, 0.1) is 11.8 Å². The third kappa shape index (κ3) is 2.71. The van der Waals surface area contributed by atoms with Crippen molar-refractivity contribution < 1.29 is 0 Å². The monoisotopic (exact) mass is 361 g/mol. The predicted octanol–water partition coefficient (Wildman–Crippen LogP) is 4.40. The minimum absolute atomic E-state index is 0.621. The van der Waals surface area contributed by atoms with Crippen molar-refractivity contribution in [3.8, 4) is 11.8 Å². The topological polar surface area (TPSA) is 30.7 Å². The molecule has 0 bridgehead atoms. The molecule has 0 aliphatic rings. The second kappa shape index (κ2) is 5.86. The molecular weight excluding hydrogens is 350 g/mol. The van der Waals surface area contributed by atoms with Crippen LogP contribution in [0.5, 0.6) is 0 Å². The summed E-state index contributed by atoms with van der Waals surface area (Å²) in [6, 6.07) is 16.4. The van der Waals surface area contributed by atoms with Crippen molar-refractivity contribution in [1.29, 1.82) is 0 Å². The first kappa shape index (κ1) is 14.0. The molecule has 0 spiro atoms. The Morgan fingerprint density at radius 3 is 2.91 bits per heavy atom. The number of fused-ring (bicyclic) bond motifs is 2. The Morgan fingerprint density at radius 2 is 1.96 bits per heavy atom. The molecule has 0 atom stereocenters. The lowest BCUT2D eigenvalue weighted by atomic mass is 10.1. The molecule has 4 aromatic rings. The molecule has 0 aliphatic carbocycles. The van der Waals surface area contributed by atoms with Crippen LogP contribution >= 0.6 is 15.9 Å². The summed E-state index contributed by atoms with van der Waals surface area (Å²) in [5.41, 5.74) is 1.90. The van der Waals surface area contributed by atoms with Crippen molar-refractivity contribution in [3.63, 3.8) is 0 Å². The zero-order valence-electron chi connectivity index (χ0n) is 12.2. The van der Waals surface area contributed by atoms with Crippen molar-refractivity contribution in [2.75, 3.05) is 0 Å². The molecule has 0 N–H and O–H groups in total. The Morgan fingerprint density at radius 1 is 1.04 bits per heavy atom. The maximum absolute atomic E-state index is 4.16. The highest BCUT2D eigenvalue weighted by atomic mass is 79.9. The SMILES string of the molecule is Brc1ccc2c(ccn2CC#Cc2nncc3ccccc23)c1. The number of halogens is 1. The molecular formula is C19H12BrN3. The Kier molecular flexibility index (Phi) is 3.57. The van der Waals surface area contributed by atoms with E-state index in [1.54, 1.807) is 6.20 Å². The summed E-state index contributed by atoms with van der Waals surface area (Å²) in [5.74, 6) is 6.35. The molecule has 110 valence electrons. The van der Waals surface area contributed by atoms with Crippen LogP contribution < -0.4 is 0 Å². The zero-order valence-corrected chi connectivity index (χ0v) is 13.8. The van der Waals surface area contributed by atoms with E-state index >= 15 is 0 Å². The van der Waals surface area contributed by atoms with E-state index in [0.29, 0.717) is 6.54 Å². The van der Waals surface area contributed by atoms with Gasteiger partial charge in [-0.25, -0.2) is 0 Å².